The van der Waals surface area contributed by atoms with Crippen LogP contribution in [-0.2, 0) is 19.6 Å². The van der Waals surface area contributed by atoms with Crippen molar-refractivity contribution in [2.45, 2.75) is 43.7 Å². The molecule has 3 heterocycles. The summed E-state index contributed by atoms with van der Waals surface area (Å²) in [5.74, 6) is -0.302. The van der Waals surface area contributed by atoms with Crippen LogP contribution in [-0.4, -0.2) is 87.7 Å². The summed E-state index contributed by atoms with van der Waals surface area (Å²) >= 11 is 1.21. The molecule has 8 nitrogen and oxygen atoms in total. The Morgan fingerprint density at radius 3 is 2.45 bits per heavy atom. The molecule has 1 aromatic rings. The number of carbonyl (C=O) groups excluding carboxylic acids is 2. The van der Waals surface area contributed by atoms with Crippen molar-refractivity contribution in [1.29, 1.82) is 0 Å². The zero-order chi connectivity index (χ0) is 24.2. The Morgan fingerprint density at radius 2 is 1.85 bits per heavy atom. The molecule has 186 valence electrons. The number of hydrogen-bond donors (Lipinski definition) is 1. The first kappa shape index (κ1) is 26.1. The zero-order valence-electron chi connectivity index (χ0n) is 20.2. The number of carbonyl (C=O) groups is 2. The number of nitrogens with one attached hydrogen (secondary N) is 1. The van der Waals surface area contributed by atoms with E-state index in [4.69, 9.17) is 0 Å². The summed E-state index contributed by atoms with van der Waals surface area (Å²) < 4.78 is 27.5. The van der Waals surface area contributed by atoms with E-state index in [1.54, 1.807) is 17.5 Å². The first-order chi connectivity index (χ1) is 15.5. The highest BCUT2D eigenvalue weighted by atomic mass is 32.2. The van der Waals surface area contributed by atoms with Crippen LogP contribution in [0.15, 0.2) is 21.7 Å². The molecule has 0 aromatic carbocycles. The average molecular weight is 499 g/mol. The molecular weight excluding hydrogens is 460 g/mol. The van der Waals surface area contributed by atoms with Crippen LogP contribution in [0.25, 0.3) is 0 Å². The van der Waals surface area contributed by atoms with Crippen molar-refractivity contribution < 1.29 is 18.0 Å². The molecule has 2 amide bonds. The van der Waals surface area contributed by atoms with Crippen LogP contribution in [0.3, 0.4) is 0 Å². The maximum atomic E-state index is 13.2. The summed E-state index contributed by atoms with van der Waals surface area (Å²) in [5, 5.41) is 4.85. The van der Waals surface area contributed by atoms with Crippen LogP contribution < -0.4 is 5.32 Å². The molecule has 2 aliphatic rings. The average Bonchev–Trinajstić information content (AvgIpc) is 3.32. The first-order valence-corrected chi connectivity index (χ1v) is 14.1. The number of rotatable bonds is 8. The van der Waals surface area contributed by atoms with Gasteiger partial charge in [-0.2, -0.15) is 4.31 Å². The predicted molar refractivity (Wildman–Crippen MR) is 130 cm³/mol. The topological polar surface area (TPSA) is 90.0 Å². The minimum atomic E-state index is -3.54. The summed E-state index contributed by atoms with van der Waals surface area (Å²) in [6.45, 7) is 7.58. The molecule has 0 aliphatic carbocycles. The molecule has 33 heavy (non-hydrogen) atoms. The van der Waals surface area contributed by atoms with Gasteiger partial charge in [0.1, 0.15) is 4.21 Å². The van der Waals surface area contributed by atoms with Crippen molar-refractivity contribution in [2.75, 3.05) is 53.4 Å². The van der Waals surface area contributed by atoms with Gasteiger partial charge in [-0.3, -0.25) is 9.59 Å². The number of hydrogen-bond acceptors (Lipinski definition) is 6. The monoisotopic (exact) mass is 498 g/mol. The molecular formula is C23H38N4O4S2. The summed E-state index contributed by atoms with van der Waals surface area (Å²) in [5.41, 5.74) is -0.00780. The second-order valence-corrected chi connectivity index (χ2v) is 13.5. The first-order valence-electron chi connectivity index (χ1n) is 11.7. The second kappa shape index (κ2) is 10.8. The van der Waals surface area contributed by atoms with Gasteiger partial charge in [0.25, 0.3) is 10.0 Å². The maximum Gasteiger partial charge on any atom is 0.252 e. The third-order valence-corrected chi connectivity index (χ3v) is 9.72. The lowest BCUT2D eigenvalue weighted by atomic mass is 9.90. The van der Waals surface area contributed by atoms with Gasteiger partial charge in [0, 0.05) is 45.2 Å². The normalized spacial score (nSPS) is 21.4. The van der Waals surface area contributed by atoms with E-state index in [0.29, 0.717) is 56.1 Å². The van der Waals surface area contributed by atoms with E-state index in [2.05, 4.69) is 24.1 Å². The number of thiophene rings is 1. The lowest BCUT2D eigenvalue weighted by molar-refractivity contribution is -0.140. The summed E-state index contributed by atoms with van der Waals surface area (Å²) in [4.78, 5) is 29.8. The van der Waals surface area contributed by atoms with E-state index in [0.717, 1.165) is 6.54 Å². The quantitative estimate of drug-likeness (QED) is 0.593. The fourth-order valence-electron chi connectivity index (χ4n) is 4.90. The molecule has 2 fully saturated rings. The van der Waals surface area contributed by atoms with Crippen LogP contribution in [0.1, 0.15) is 39.5 Å². The Kier molecular flexibility index (Phi) is 8.58. The fourth-order valence-corrected chi connectivity index (χ4v) is 7.57. The predicted octanol–water partition coefficient (Wildman–Crippen LogP) is 2.09. The molecule has 0 saturated carbocycles. The third kappa shape index (κ3) is 6.77. The standard InChI is InChI=1S/C23H38N4O4S2/c1-23(2,17-25(3)4)16-24-21(28)18-9-12-26(13-10-18)22(29)19-7-5-11-27(15-19)33(30,31)20-8-6-14-32-20/h6,8,14,18-19H,5,7,9-13,15-17H2,1-4H3,(H,24,28). The maximum absolute atomic E-state index is 13.2. The molecule has 3 rings (SSSR count). The minimum Gasteiger partial charge on any atom is -0.355 e. The highest BCUT2D eigenvalue weighted by Gasteiger charge is 2.37. The van der Waals surface area contributed by atoms with Gasteiger partial charge in [0.05, 0.1) is 5.92 Å². The molecule has 1 N–H and O–H groups in total. The van der Waals surface area contributed by atoms with Gasteiger partial charge in [-0.25, -0.2) is 8.42 Å². The van der Waals surface area contributed by atoms with Crippen LogP contribution in [0.4, 0.5) is 0 Å². The second-order valence-electron chi connectivity index (χ2n) is 10.4. The number of sulfonamides is 1. The van der Waals surface area contributed by atoms with Crippen molar-refractivity contribution in [1.82, 2.24) is 19.4 Å². The number of piperidine rings is 2. The molecule has 2 saturated heterocycles. The highest BCUT2D eigenvalue weighted by Crippen LogP contribution is 2.28. The summed E-state index contributed by atoms with van der Waals surface area (Å²) in [6, 6.07) is 3.34. The lowest BCUT2D eigenvalue weighted by Crippen LogP contribution is -2.50. The van der Waals surface area contributed by atoms with Crippen molar-refractivity contribution >= 4 is 33.2 Å². The molecule has 10 heteroatoms. The number of amides is 2. The Labute approximate surface area is 202 Å². The molecule has 1 aromatic heterocycles. The Hall–Kier alpha value is -1.49. The smallest absolute Gasteiger partial charge is 0.252 e. The number of likely N-dealkylation sites (tertiary alicyclic amines) is 1. The minimum absolute atomic E-state index is 0.00780. The van der Waals surface area contributed by atoms with Gasteiger partial charge < -0.3 is 15.1 Å². The molecule has 1 unspecified atom stereocenters. The Morgan fingerprint density at radius 1 is 1.15 bits per heavy atom. The third-order valence-electron chi connectivity index (χ3n) is 6.49. The molecule has 0 spiro atoms. The lowest BCUT2D eigenvalue weighted by Gasteiger charge is -2.37. The zero-order valence-corrected chi connectivity index (χ0v) is 21.9. The van der Waals surface area contributed by atoms with Crippen LogP contribution in [0.2, 0.25) is 0 Å². The van der Waals surface area contributed by atoms with Gasteiger partial charge >= 0.3 is 0 Å². The van der Waals surface area contributed by atoms with E-state index in [9.17, 15) is 18.0 Å². The van der Waals surface area contributed by atoms with Crippen molar-refractivity contribution in [2.24, 2.45) is 17.3 Å². The van der Waals surface area contributed by atoms with Crippen LogP contribution in [0, 0.1) is 17.3 Å². The van der Waals surface area contributed by atoms with Gasteiger partial charge in [-0.05, 0) is 56.6 Å². The molecule has 0 bridgehead atoms. The molecule has 0 radical (unpaired) electrons. The van der Waals surface area contributed by atoms with E-state index in [1.165, 1.54) is 15.6 Å². The van der Waals surface area contributed by atoms with Crippen LogP contribution >= 0.6 is 11.3 Å². The highest BCUT2D eigenvalue weighted by molar-refractivity contribution is 7.91. The molecule has 2 aliphatic heterocycles. The van der Waals surface area contributed by atoms with Crippen molar-refractivity contribution in [3.05, 3.63) is 17.5 Å². The summed E-state index contributed by atoms with van der Waals surface area (Å²) in [6.07, 6.45) is 2.69. The van der Waals surface area contributed by atoms with Crippen molar-refractivity contribution in [3.8, 4) is 0 Å². The SMILES string of the molecule is CN(C)CC(C)(C)CNC(=O)C1CCN(C(=O)C2CCCN(S(=O)(=O)c3cccs3)C2)CC1. The van der Waals surface area contributed by atoms with Gasteiger partial charge in [0.15, 0.2) is 0 Å². The Bertz CT molecular complexity index is 907. The largest absolute Gasteiger partial charge is 0.355 e. The van der Waals surface area contributed by atoms with Gasteiger partial charge in [0.2, 0.25) is 11.8 Å². The van der Waals surface area contributed by atoms with Crippen molar-refractivity contribution in [3.63, 3.8) is 0 Å². The fraction of sp³-hybridized carbons (Fsp3) is 0.739. The van der Waals surface area contributed by atoms with E-state index in [1.807, 2.05) is 19.0 Å². The molecule has 1 atom stereocenters. The summed E-state index contributed by atoms with van der Waals surface area (Å²) in [7, 11) is 0.518. The van der Waals surface area contributed by atoms with Crippen LogP contribution in [0.5, 0.6) is 0 Å². The number of nitrogens with zero attached hydrogens (tertiary/aromatic N) is 3. The van der Waals surface area contributed by atoms with E-state index < -0.39 is 10.0 Å². The Balaban J connectivity index is 1.49. The van der Waals surface area contributed by atoms with E-state index in [-0.39, 0.29) is 35.6 Å². The van der Waals surface area contributed by atoms with E-state index >= 15 is 0 Å². The van der Waals surface area contributed by atoms with Gasteiger partial charge in [-0.15, -0.1) is 11.3 Å². The van der Waals surface area contributed by atoms with Gasteiger partial charge in [-0.1, -0.05) is 19.9 Å².